The first-order valence-electron chi connectivity index (χ1n) is 11.7. The number of amides is 2. The van der Waals surface area contributed by atoms with Crippen LogP contribution in [0, 0.1) is 18.7 Å². The molecule has 2 amide bonds. The molecule has 3 N–H and O–H groups in total. The number of carboxylic acids is 1. The van der Waals surface area contributed by atoms with Gasteiger partial charge in [-0.3, -0.25) is 4.98 Å². The summed E-state index contributed by atoms with van der Waals surface area (Å²) in [7, 11) is 1.83. The minimum absolute atomic E-state index is 0.0765. The number of nitrogens with one attached hydrogen (secondary N) is 1. The molecular formula is C25H32F4N4O4. The summed E-state index contributed by atoms with van der Waals surface area (Å²) >= 11 is 0. The molecule has 204 valence electrons. The molecule has 0 spiro atoms. The number of halogens is 4. The lowest BCUT2D eigenvalue weighted by atomic mass is 9.95. The molecule has 1 aliphatic rings. The molecule has 2 aromatic rings. The number of β-amino-alcohol motifs (C(OH)–C–C–N with tert-alkyl or cyclic N) is 1. The van der Waals surface area contributed by atoms with Gasteiger partial charge in [-0.1, -0.05) is 18.2 Å². The van der Waals surface area contributed by atoms with Gasteiger partial charge in [-0.2, -0.15) is 13.2 Å². The summed E-state index contributed by atoms with van der Waals surface area (Å²) in [4.78, 5) is 29.5. The third-order valence-electron chi connectivity index (χ3n) is 6.06. The molecule has 0 aliphatic carbocycles. The van der Waals surface area contributed by atoms with E-state index in [-0.39, 0.29) is 11.8 Å². The number of aliphatic carboxylic acids is 1. The van der Waals surface area contributed by atoms with Crippen molar-refractivity contribution < 1.29 is 37.4 Å². The molecule has 2 heterocycles. The lowest BCUT2D eigenvalue weighted by molar-refractivity contribution is -0.192. The van der Waals surface area contributed by atoms with Gasteiger partial charge in [0.2, 0.25) is 0 Å². The number of urea groups is 1. The maximum Gasteiger partial charge on any atom is 0.490 e. The fraction of sp³-hybridized carbons (Fsp3) is 0.480. The van der Waals surface area contributed by atoms with Crippen molar-refractivity contribution in [1.82, 2.24) is 20.1 Å². The highest BCUT2D eigenvalue weighted by Crippen LogP contribution is 2.22. The molecule has 1 aliphatic heterocycles. The van der Waals surface area contributed by atoms with Gasteiger partial charge in [-0.15, -0.1) is 0 Å². The van der Waals surface area contributed by atoms with Gasteiger partial charge in [0.25, 0.3) is 0 Å². The van der Waals surface area contributed by atoms with E-state index in [1.54, 1.807) is 23.2 Å². The van der Waals surface area contributed by atoms with Crippen molar-refractivity contribution in [2.45, 2.75) is 38.6 Å². The highest BCUT2D eigenvalue weighted by atomic mass is 19.4. The fourth-order valence-electron chi connectivity index (χ4n) is 3.87. The lowest BCUT2D eigenvalue weighted by Crippen LogP contribution is -2.43. The Morgan fingerprint density at radius 2 is 1.78 bits per heavy atom. The maximum absolute atomic E-state index is 13.0. The number of carboxylic acid groups (broad SMARTS) is 1. The monoisotopic (exact) mass is 528 g/mol. The number of piperidine rings is 1. The molecule has 1 unspecified atom stereocenters. The molecule has 3 rings (SSSR count). The van der Waals surface area contributed by atoms with Crippen molar-refractivity contribution in [2.24, 2.45) is 5.92 Å². The number of benzene rings is 1. The summed E-state index contributed by atoms with van der Waals surface area (Å²) in [6, 6.07) is 9.79. The Bertz CT molecular complexity index is 1010. The van der Waals surface area contributed by atoms with Crippen LogP contribution < -0.4 is 5.32 Å². The minimum atomic E-state index is -5.08. The molecule has 1 saturated heterocycles. The first kappa shape index (κ1) is 30.0. The van der Waals surface area contributed by atoms with Crippen LogP contribution in [-0.4, -0.2) is 76.4 Å². The molecule has 1 aromatic heterocycles. The van der Waals surface area contributed by atoms with Crippen molar-refractivity contribution in [3.63, 3.8) is 0 Å². The number of carbonyl (C=O) groups is 2. The second-order valence-electron chi connectivity index (χ2n) is 8.90. The Morgan fingerprint density at radius 3 is 2.32 bits per heavy atom. The van der Waals surface area contributed by atoms with Crippen LogP contribution in [0.1, 0.15) is 35.8 Å². The zero-order valence-corrected chi connectivity index (χ0v) is 20.7. The number of pyridine rings is 1. The average Bonchev–Trinajstić information content (AvgIpc) is 2.84. The van der Waals surface area contributed by atoms with E-state index >= 15 is 0 Å². The van der Waals surface area contributed by atoms with Gasteiger partial charge >= 0.3 is 18.2 Å². The smallest absolute Gasteiger partial charge is 0.475 e. The van der Waals surface area contributed by atoms with Crippen LogP contribution in [0.5, 0.6) is 0 Å². The van der Waals surface area contributed by atoms with E-state index in [9.17, 15) is 27.5 Å². The van der Waals surface area contributed by atoms with Crippen LogP contribution >= 0.6 is 0 Å². The number of aliphatic hydroxyl groups excluding tert-OH is 1. The quantitative estimate of drug-likeness (QED) is 0.473. The second-order valence-corrected chi connectivity index (χ2v) is 8.90. The molecule has 37 heavy (non-hydrogen) atoms. The van der Waals surface area contributed by atoms with Crippen LogP contribution in [-0.2, 0) is 11.3 Å². The first-order valence-corrected chi connectivity index (χ1v) is 11.7. The third kappa shape index (κ3) is 10.3. The van der Waals surface area contributed by atoms with Crippen molar-refractivity contribution in [2.75, 3.05) is 33.2 Å². The topological polar surface area (TPSA) is 106 Å². The van der Waals surface area contributed by atoms with Crippen LogP contribution in [0.25, 0.3) is 0 Å². The van der Waals surface area contributed by atoms with Gasteiger partial charge in [-0.05, 0) is 68.1 Å². The van der Waals surface area contributed by atoms with Crippen LogP contribution in [0.15, 0.2) is 42.6 Å². The van der Waals surface area contributed by atoms with Gasteiger partial charge in [-0.25, -0.2) is 14.0 Å². The zero-order valence-electron chi connectivity index (χ0n) is 20.7. The number of nitrogens with zero attached hydrogens (tertiary/aromatic N) is 3. The third-order valence-corrected chi connectivity index (χ3v) is 6.06. The predicted octanol–water partition coefficient (Wildman–Crippen LogP) is 3.75. The van der Waals surface area contributed by atoms with E-state index in [0.29, 0.717) is 25.6 Å². The number of likely N-dealkylation sites (tertiary alicyclic amines) is 1. The van der Waals surface area contributed by atoms with Crippen molar-refractivity contribution in [3.05, 3.63) is 65.2 Å². The van der Waals surface area contributed by atoms with Gasteiger partial charge in [0, 0.05) is 38.6 Å². The van der Waals surface area contributed by atoms with Gasteiger partial charge in [0.05, 0.1) is 6.10 Å². The summed E-state index contributed by atoms with van der Waals surface area (Å²) < 4.78 is 44.8. The largest absolute Gasteiger partial charge is 0.490 e. The number of carbonyl (C=O) groups excluding carboxylic acids is 1. The number of aromatic nitrogens is 1. The second kappa shape index (κ2) is 13.9. The van der Waals surface area contributed by atoms with Gasteiger partial charge in [0.1, 0.15) is 5.82 Å². The number of aryl methyl sites for hydroxylation is 1. The van der Waals surface area contributed by atoms with Crippen LogP contribution in [0.2, 0.25) is 0 Å². The number of hydrogen-bond donors (Lipinski definition) is 3. The number of rotatable bonds is 7. The Balaban J connectivity index is 0.000000604. The molecule has 1 atom stereocenters. The normalized spacial score (nSPS) is 15.3. The summed E-state index contributed by atoms with van der Waals surface area (Å²) in [5.41, 5.74) is 2.68. The van der Waals surface area contributed by atoms with E-state index in [1.165, 1.54) is 12.1 Å². The molecule has 0 saturated carbocycles. The van der Waals surface area contributed by atoms with Gasteiger partial charge < -0.3 is 25.3 Å². The SMILES string of the molecule is Cc1ncccc1CNC(=O)N(C)CC1CCN(CC(O)c2ccc(F)cc2)CC1.O=C(O)C(F)(F)F. The summed E-state index contributed by atoms with van der Waals surface area (Å²) in [5, 5.41) is 20.5. The molecule has 0 radical (unpaired) electrons. The molecule has 1 fully saturated rings. The molecule has 1 aromatic carbocycles. The molecule has 8 nitrogen and oxygen atoms in total. The van der Waals surface area contributed by atoms with Crippen molar-refractivity contribution >= 4 is 12.0 Å². The summed E-state index contributed by atoms with van der Waals surface area (Å²) in [6.07, 6.45) is -1.99. The maximum atomic E-state index is 13.0. The number of aliphatic hydroxyl groups is 1. The van der Waals surface area contributed by atoms with Gasteiger partial charge in [0.15, 0.2) is 0 Å². The predicted molar refractivity (Wildman–Crippen MR) is 128 cm³/mol. The minimum Gasteiger partial charge on any atom is -0.475 e. The Morgan fingerprint density at radius 1 is 1.19 bits per heavy atom. The zero-order chi connectivity index (χ0) is 27.6. The Labute approximate surface area is 212 Å². The number of alkyl halides is 3. The van der Waals surface area contributed by atoms with E-state index in [0.717, 1.165) is 42.8 Å². The lowest BCUT2D eigenvalue weighted by Gasteiger charge is -2.34. The molecule has 0 bridgehead atoms. The first-order chi connectivity index (χ1) is 17.4. The summed E-state index contributed by atoms with van der Waals surface area (Å²) in [6.45, 7) is 5.43. The standard InChI is InChI=1S/C23H31FN4O2.C2HF3O2/c1-17-20(4-3-11-25-17)14-26-23(30)27(2)15-18-9-12-28(13-10-18)16-22(29)19-5-7-21(24)8-6-19;3-2(4,5)1(6)7/h3-8,11,18,22,29H,9-10,12-16H2,1-2H3,(H,26,30);(H,6,7). The average molecular weight is 529 g/mol. The Kier molecular flexibility index (Phi) is 11.3. The summed E-state index contributed by atoms with van der Waals surface area (Å²) in [5.74, 6) is -2.61. The highest BCUT2D eigenvalue weighted by molar-refractivity contribution is 5.74. The van der Waals surface area contributed by atoms with Crippen LogP contribution in [0.3, 0.4) is 0 Å². The van der Waals surface area contributed by atoms with Crippen molar-refractivity contribution in [1.29, 1.82) is 0 Å². The van der Waals surface area contributed by atoms with Crippen LogP contribution in [0.4, 0.5) is 22.4 Å². The van der Waals surface area contributed by atoms with Crippen molar-refractivity contribution in [3.8, 4) is 0 Å². The fourth-order valence-corrected chi connectivity index (χ4v) is 3.87. The van der Waals surface area contributed by atoms with E-state index in [1.807, 2.05) is 26.1 Å². The highest BCUT2D eigenvalue weighted by Gasteiger charge is 2.38. The number of hydrogen-bond acceptors (Lipinski definition) is 5. The Hall–Kier alpha value is -3.25. The van der Waals surface area contributed by atoms with E-state index < -0.39 is 18.2 Å². The molecule has 12 heteroatoms. The molecular weight excluding hydrogens is 496 g/mol. The van der Waals surface area contributed by atoms with E-state index in [2.05, 4.69) is 15.2 Å². The van der Waals surface area contributed by atoms with E-state index in [4.69, 9.17) is 9.90 Å².